The molecule has 0 amide bonds. The van der Waals surface area contributed by atoms with Gasteiger partial charge in [-0.25, -0.2) is 4.39 Å². The molecular weight excluding hydrogens is 324 g/mol. The molecule has 1 unspecified atom stereocenters. The van der Waals surface area contributed by atoms with Crippen LogP contribution in [-0.4, -0.2) is 32.3 Å². The largest absolute Gasteiger partial charge is 0.416 e. The molecule has 134 valence electrons. The third-order valence-corrected chi connectivity index (χ3v) is 4.82. The highest BCUT2D eigenvalue weighted by Gasteiger charge is 2.35. The zero-order chi connectivity index (χ0) is 17.3. The Balaban J connectivity index is 1.73. The molecule has 2 saturated heterocycles. The molecule has 0 radical (unpaired) electrons. The van der Waals surface area contributed by atoms with E-state index in [9.17, 15) is 17.6 Å². The summed E-state index contributed by atoms with van der Waals surface area (Å²) < 4.78 is 57.6. The maximum atomic E-state index is 14.3. The summed E-state index contributed by atoms with van der Waals surface area (Å²) in [6, 6.07) is 2.75. The van der Waals surface area contributed by atoms with Gasteiger partial charge in [-0.1, -0.05) is 13.0 Å². The lowest BCUT2D eigenvalue weighted by Crippen LogP contribution is -2.44. The van der Waals surface area contributed by atoms with E-state index < -0.39 is 17.6 Å². The molecule has 2 heterocycles. The van der Waals surface area contributed by atoms with Gasteiger partial charge in [-0.2, -0.15) is 13.2 Å². The van der Waals surface area contributed by atoms with Crippen LogP contribution in [0.2, 0.25) is 0 Å². The van der Waals surface area contributed by atoms with Crippen LogP contribution in [0.4, 0.5) is 17.6 Å². The fourth-order valence-electron chi connectivity index (χ4n) is 3.38. The van der Waals surface area contributed by atoms with Gasteiger partial charge in [0.25, 0.3) is 0 Å². The molecule has 0 saturated carbocycles. The monoisotopic (exact) mass is 346 g/mol. The summed E-state index contributed by atoms with van der Waals surface area (Å²) in [6.07, 6.45) is -3.50. The first-order valence-corrected chi connectivity index (χ1v) is 8.25. The Hall–Kier alpha value is -1.18. The molecule has 3 atom stereocenters. The zero-order valence-corrected chi connectivity index (χ0v) is 13.5. The standard InChI is InChI=1S/C17H22F4N2O/c1-10-4-13(22-6-10)7-23-16(11-8-24-9-11)14-3-2-12(5-15(14)18)17(19,20)21/h2-3,5,10-11,13,16,22-23H,4,6-9H2,1H3/t10-,13?,16-/m1/s1. The Labute approximate surface area is 138 Å². The summed E-state index contributed by atoms with van der Waals surface area (Å²) in [6.45, 7) is 4.77. The quantitative estimate of drug-likeness (QED) is 0.804. The lowest BCUT2D eigenvalue weighted by molar-refractivity contribution is -0.137. The maximum Gasteiger partial charge on any atom is 0.416 e. The van der Waals surface area contributed by atoms with Crippen LogP contribution in [-0.2, 0) is 10.9 Å². The Morgan fingerprint density at radius 1 is 1.33 bits per heavy atom. The van der Waals surface area contributed by atoms with Crippen molar-refractivity contribution in [3.63, 3.8) is 0 Å². The Bertz CT molecular complexity index is 574. The molecule has 2 N–H and O–H groups in total. The molecule has 2 aliphatic heterocycles. The van der Waals surface area contributed by atoms with Gasteiger partial charge in [0.1, 0.15) is 5.82 Å². The van der Waals surface area contributed by atoms with Gasteiger partial charge in [0.2, 0.25) is 0 Å². The molecule has 1 aromatic rings. The summed E-state index contributed by atoms with van der Waals surface area (Å²) in [5.74, 6) is -0.137. The van der Waals surface area contributed by atoms with Gasteiger partial charge >= 0.3 is 6.18 Å². The van der Waals surface area contributed by atoms with Crippen LogP contribution in [0.3, 0.4) is 0 Å². The van der Waals surface area contributed by atoms with Crippen molar-refractivity contribution in [1.29, 1.82) is 0 Å². The Morgan fingerprint density at radius 2 is 2.08 bits per heavy atom. The number of hydrogen-bond acceptors (Lipinski definition) is 3. The number of halogens is 4. The lowest BCUT2D eigenvalue weighted by atomic mass is 9.90. The fraction of sp³-hybridized carbons (Fsp3) is 0.647. The van der Waals surface area contributed by atoms with Crippen molar-refractivity contribution >= 4 is 0 Å². The van der Waals surface area contributed by atoms with Gasteiger partial charge in [-0.3, -0.25) is 0 Å². The van der Waals surface area contributed by atoms with Gasteiger partial charge < -0.3 is 15.4 Å². The van der Waals surface area contributed by atoms with E-state index in [-0.39, 0.29) is 17.5 Å². The fourth-order valence-corrected chi connectivity index (χ4v) is 3.38. The second-order valence-electron chi connectivity index (χ2n) is 6.86. The van der Waals surface area contributed by atoms with Gasteiger partial charge in [-0.15, -0.1) is 0 Å². The van der Waals surface area contributed by atoms with E-state index in [4.69, 9.17) is 4.74 Å². The first kappa shape index (κ1) is 17.6. The molecule has 0 bridgehead atoms. The molecule has 3 rings (SSSR count). The number of nitrogens with one attached hydrogen (secondary N) is 2. The first-order valence-electron chi connectivity index (χ1n) is 8.25. The SMILES string of the molecule is C[C@H]1CNC(CN[C@@H](c2ccc(C(F)(F)F)cc2F)C2COC2)C1. The molecule has 0 aromatic heterocycles. The molecule has 7 heteroatoms. The summed E-state index contributed by atoms with van der Waals surface area (Å²) in [5.41, 5.74) is -0.680. The maximum absolute atomic E-state index is 14.3. The number of ether oxygens (including phenoxy) is 1. The highest BCUT2D eigenvalue weighted by molar-refractivity contribution is 5.29. The molecule has 3 nitrogen and oxygen atoms in total. The van der Waals surface area contributed by atoms with E-state index in [0.717, 1.165) is 19.0 Å². The topological polar surface area (TPSA) is 33.3 Å². The van der Waals surface area contributed by atoms with Crippen LogP contribution in [0.1, 0.15) is 30.5 Å². The molecule has 0 aliphatic carbocycles. The smallest absolute Gasteiger partial charge is 0.381 e. The Kier molecular flexibility index (Phi) is 5.13. The molecule has 0 spiro atoms. The van der Waals surface area contributed by atoms with Crippen LogP contribution in [0.15, 0.2) is 18.2 Å². The number of alkyl halides is 3. The van der Waals surface area contributed by atoms with E-state index in [1.54, 1.807) is 0 Å². The minimum Gasteiger partial charge on any atom is -0.381 e. The zero-order valence-electron chi connectivity index (χ0n) is 13.5. The van der Waals surface area contributed by atoms with Crippen LogP contribution < -0.4 is 10.6 Å². The second-order valence-corrected chi connectivity index (χ2v) is 6.86. The van der Waals surface area contributed by atoms with Gasteiger partial charge in [0.15, 0.2) is 0 Å². The van der Waals surface area contributed by atoms with E-state index in [1.165, 1.54) is 6.07 Å². The second kappa shape index (κ2) is 6.98. The van der Waals surface area contributed by atoms with Gasteiger partial charge in [0.05, 0.1) is 18.8 Å². The normalized spacial score (nSPS) is 26.4. The van der Waals surface area contributed by atoms with Crippen molar-refractivity contribution in [2.45, 2.75) is 31.6 Å². The molecule has 1 aromatic carbocycles. The third kappa shape index (κ3) is 3.90. The predicted molar refractivity (Wildman–Crippen MR) is 82.0 cm³/mol. The lowest BCUT2D eigenvalue weighted by Gasteiger charge is -2.35. The Morgan fingerprint density at radius 3 is 2.58 bits per heavy atom. The molecule has 24 heavy (non-hydrogen) atoms. The highest BCUT2D eigenvalue weighted by Crippen LogP contribution is 2.34. The van der Waals surface area contributed by atoms with Crippen molar-refractivity contribution in [3.8, 4) is 0 Å². The van der Waals surface area contributed by atoms with Gasteiger partial charge in [0, 0.05) is 30.1 Å². The van der Waals surface area contributed by atoms with Crippen molar-refractivity contribution in [1.82, 2.24) is 10.6 Å². The predicted octanol–water partition coefficient (Wildman–Crippen LogP) is 3.12. The summed E-state index contributed by atoms with van der Waals surface area (Å²) >= 11 is 0. The summed E-state index contributed by atoms with van der Waals surface area (Å²) in [4.78, 5) is 0. The molecular formula is C17H22F4N2O. The van der Waals surface area contributed by atoms with Crippen molar-refractivity contribution < 1.29 is 22.3 Å². The van der Waals surface area contributed by atoms with E-state index in [2.05, 4.69) is 17.6 Å². The van der Waals surface area contributed by atoms with Crippen LogP contribution >= 0.6 is 0 Å². The third-order valence-electron chi connectivity index (χ3n) is 4.82. The van der Waals surface area contributed by atoms with Crippen molar-refractivity contribution in [3.05, 3.63) is 35.1 Å². The van der Waals surface area contributed by atoms with Crippen molar-refractivity contribution in [2.24, 2.45) is 11.8 Å². The van der Waals surface area contributed by atoms with Crippen LogP contribution in [0.25, 0.3) is 0 Å². The highest BCUT2D eigenvalue weighted by atomic mass is 19.4. The van der Waals surface area contributed by atoms with Crippen LogP contribution in [0, 0.1) is 17.7 Å². The van der Waals surface area contributed by atoms with Crippen molar-refractivity contribution in [2.75, 3.05) is 26.3 Å². The van der Waals surface area contributed by atoms with E-state index in [0.29, 0.717) is 37.8 Å². The number of hydrogen-bond donors (Lipinski definition) is 2. The van der Waals surface area contributed by atoms with E-state index >= 15 is 0 Å². The average molecular weight is 346 g/mol. The molecule has 2 fully saturated rings. The number of rotatable bonds is 5. The first-order chi connectivity index (χ1) is 11.3. The average Bonchev–Trinajstić information content (AvgIpc) is 2.86. The molecule has 2 aliphatic rings. The van der Waals surface area contributed by atoms with Crippen LogP contribution in [0.5, 0.6) is 0 Å². The van der Waals surface area contributed by atoms with E-state index in [1.807, 2.05) is 0 Å². The minimum atomic E-state index is -4.54. The van der Waals surface area contributed by atoms with Gasteiger partial charge in [-0.05, 0) is 31.0 Å². The summed E-state index contributed by atoms with van der Waals surface area (Å²) in [5, 5.41) is 6.73. The minimum absolute atomic E-state index is 0.0788. The summed E-state index contributed by atoms with van der Waals surface area (Å²) in [7, 11) is 0. The number of benzene rings is 1.